The first-order chi connectivity index (χ1) is 11.8. The maximum atomic E-state index is 12.9. The van der Waals surface area contributed by atoms with Gasteiger partial charge in [0, 0.05) is 19.3 Å². The monoisotopic (exact) mass is 321 g/mol. The highest BCUT2D eigenvalue weighted by Gasteiger charge is 2.25. The number of carbonyl (C=O) groups excluding carboxylic acids is 1. The van der Waals surface area contributed by atoms with Crippen molar-refractivity contribution in [1.29, 1.82) is 0 Å². The first kappa shape index (κ1) is 15.2. The van der Waals surface area contributed by atoms with E-state index in [1.54, 1.807) is 6.20 Å². The lowest BCUT2D eigenvalue weighted by atomic mass is 9.87. The van der Waals surface area contributed by atoms with Crippen molar-refractivity contribution < 1.29 is 4.79 Å². The normalized spacial score (nSPS) is 19.8. The van der Waals surface area contributed by atoms with Crippen LogP contribution in [0.1, 0.15) is 53.2 Å². The van der Waals surface area contributed by atoms with Crippen LogP contribution in [0.3, 0.4) is 0 Å². The summed E-state index contributed by atoms with van der Waals surface area (Å²) < 4.78 is 0. The van der Waals surface area contributed by atoms with Gasteiger partial charge in [-0.3, -0.25) is 4.79 Å². The van der Waals surface area contributed by atoms with Crippen LogP contribution in [0.25, 0.3) is 0 Å². The van der Waals surface area contributed by atoms with Gasteiger partial charge in [0.05, 0.1) is 11.6 Å². The molecule has 1 aromatic carbocycles. The fraction of sp³-hybridized carbons (Fsp3) is 0.400. The molecule has 24 heavy (non-hydrogen) atoms. The summed E-state index contributed by atoms with van der Waals surface area (Å²) in [7, 11) is 0. The van der Waals surface area contributed by atoms with Crippen LogP contribution in [0.2, 0.25) is 0 Å². The van der Waals surface area contributed by atoms with Gasteiger partial charge in [0.1, 0.15) is 5.82 Å². The van der Waals surface area contributed by atoms with Crippen molar-refractivity contribution in [2.24, 2.45) is 0 Å². The van der Waals surface area contributed by atoms with E-state index in [-0.39, 0.29) is 11.9 Å². The maximum Gasteiger partial charge on any atom is 0.255 e. The molecule has 1 aliphatic carbocycles. The predicted octanol–water partition coefficient (Wildman–Crippen LogP) is 3.49. The number of fused-ring (bicyclic) bond motifs is 1. The number of nitrogens with one attached hydrogen (secondary N) is 1. The first-order valence-electron chi connectivity index (χ1n) is 8.91. The Morgan fingerprint density at radius 1 is 1.08 bits per heavy atom. The molecular weight excluding hydrogens is 298 g/mol. The van der Waals surface area contributed by atoms with Crippen LogP contribution in [0.15, 0.2) is 42.6 Å². The second-order valence-corrected chi connectivity index (χ2v) is 6.69. The van der Waals surface area contributed by atoms with Crippen LogP contribution in [0.4, 0.5) is 5.82 Å². The number of hydrogen-bond acceptors (Lipinski definition) is 3. The Labute approximate surface area is 142 Å². The lowest BCUT2D eigenvalue weighted by molar-refractivity contribution is 0.0933. The number of aryl methyl sites for hydroxylation is 1. The van der Waals surface area contributed by atoms with Crippen LogP contribution in [0, 0.1) is 0 Å². The van der Waals surface area contributed by atoms with E-state index < -0.39 is 0 Å². The Hall–Kier alpha value is -2.36. The number of aromatic nitrogens is 1. The number of hydrogen-bond donors (Lipinski definition) is 1. The summed E-state index contributed by atoms with van der Waals surface area (Å²) in [5.41, 5.74) is 3.33. The Morgan fingerprint density at radius 3 is 2.79 bits per heavy atom. The zero-order valence-electron chi connectivity index (χ0n) is 13.9. The average molecular weight is 321 g/mol. The van der Waals surface area contributed by atoms with E-state index >= 15 is 0 Å². The third-order valence-electron chi connectivity index (χ3n) is 5.11. The van der Waals surface area contributed by atoms with Crippen LogP contribution in [0.5, 0.6) is 0 Å². The standard InChI is InChI=1S/C20H23N3O/c24-20(17-10-6-12-21-19(17)23-13-3-4-14-23)22-18-11-5-8-15-7-1-2-9-16(15)18/h1-2,6-7,9-10,12,18H,3-5,8,11,13-14H2,(H,22,24)/t18-/m0/s1. The van der Waals surface area contributed by atoms with Gasteiger partial charge >= 0.3 is 0 Å². The molecule has 0 unspecified atom stereocenters. The first-order valence-corrected chi connectivity index (χ1v) is 8.91. The van der Waals surface area contributed by atoms with Crippen molar-refractivity contribution in [3.05, 3.63) is 59.3 Å². The molecule has 2 aliphatic rings. The molecule has 4 heteroatoms. The van der Waals surface area contributed by atoms with Crippen molar-refractivity contribution in [3.8, 4) is 0 Å². The third-order valence-corrected chi connectivity index (χ3v) is 5.11. The number of pyridine rings is 1. The van der Waals surface area contributed by atoms with Crippen molar-refractivity contribution in [2.75, 3.05) is 18.0 Å². The molecule has 1 saturated heterocycles. The molecule has 4 rings (SSSR count). The minimum absolute atomic E-state index is 0.00768. The second kappa shape index (κ2) is 6.63. The number of nitrogens with zero attached hydrogens (tertiary/aromatic N) is 2. The molecule has 124 valence electrons. The Bertz CT molecular complexity index is 737. The minimum Gasteiger partial charge on any atom is -0.356 e. The number of anilines is 1. The van der Waals surface area contributed by atoms with Crippen LogP contribution in [-0.2, 0) is 6.42 Å². The lowest BCUT2D eigenvalue weighted by Gasteiger charge is -2.27. The van der Waals surface area contributed by atoms with Gasteiger partial charge in [0.25, 0.3) is 5.91 Å². The topological polar surface area (TPSA) is 45.2 Å². The number of rotatable bonds is 3. The van der Waals surface area contributed by atoms with Crippen molar-refractivity contribution in [3.63, 3.8) is 0 Å². The number of benzene rings is 1. The van der Waals surface area contributed by atoms with Gasteiger partial charge in [-0.25, -0.2) is 4.98 Å². The van der Waals surface area contributed by atoms with E-state index in [0.29, 0.717) is 5.56 Å². The van der Waals surface area contributed by atoms with E-state index in [1.165, 1.54) is 24.0 Å². The molecule has 1 N–H and O–H groups in total. The Morgan fingerprint density at radius 2 is 1.92 bits per heavy atom. The highest BCUT2D eigenvalue weighted by molar-refractivity contribution is 5.99. The third kappa shape index (κ3) is 2.88. The fourth-order valence-electron chi connectivity index (χ4n) is 3.89. The van der Waals surface area contributed by atoms with Gasteiger partial charge in [0.2, 0.25) is 0 Å². The molecule has 1 atom stereocenters. The summed E-state index contributed by atoms with van der Waals surface area (Å²) in [6.07, 6.45) is 7.35. The molecular formula is C20H23N3O. The SMILES string of the molecule is O=C(N[C@H]1CCCc2ccccc21)c1cccnc1N1CCCC1. The summed E-state index contributed by atoms with van der Waals surface area (Å²) in [6.45, 7) is 1.98. The Kier molecular flexibility index (Phi) is 4.20. The molecule has 1 aliphatic heterocycles. The molecule has 0 radical (unpaired) electrons. The molecule has 2 heterocycles. The van der Waals surface area contributed by atoms with Gasteiger partial charge in [-0.05, 0) is 55.4 Å². The molecule has 0 bridgehead atoms. The molecule has 2 aromatic rings. The summed E-state index contributed by atoms with van der Waals surface area (Å²) in [4.78, 5) is 19.6. The average Bonchev–Trinajstić information content (AvgIpc) is 3.16. The Balaban J connectivity index is 1.58. The van der Waals surface area contributed by atoms with Crippen LogP contribution in [-0.4, -0.2) is 24.0 Å². The summed E-state index contributed by atoms with van der Waals surface area (Å²) in [5.74, 6) is 0.822. The predicted molar refractivity (Wildman–Crippen MR) is 95.3 cm³/mol. The quantitative estimate of drug-likeness (QED) is 0.941. The largest absolute Gasteiger partial charge is 0.356 e. The zero-order chi connectivity index (χ0) is 16.4. The van der Waals surface area contributed by atoms with E-state index in [1.807, 2.05) is 12.1 Å². The van der Waals surface area contributed by atoms with Gasteiger partial charge in [0.15, 0.2) is 0 Å². The lowest BCUT2D eigenvalue weighted by Crippen LogP contribution is -2.32. The van der Waals surface area contributed by atoms with Gasteiger partial charge in [-0.2, -0.15) is 0 Å². The zero-order valence-corrected chi connectivity index (χ0v) is 13.9. The van der Waals surface area contributed by atoms with E-state index in [0.717, 1.165) is 38.2 Å². The molecule has 0 saturated carbocycles. The van der Waals surface area contributed by atoms with Crippen LogP contribution >= 0.6 is 0 Å². The van der Waals surface area contributed by atoms with E-state index in [4.69, 9.17) is 0 Å². The van der Waals surface area contributed by atoms with E-state index in [2.05, 4.69) is 39.5 Å². The highest BCUT2D eigenvalue weighted by atomic mass is 16.1. The van der Waals surface area contributed by atoms with Crippen LogP contribution < -0.4 is 10.2 Å². The van der Waals surface area contributed by atoms with Gasteiger partial charge in [-0.15, -0.1) is 0 Å². The summed E-state index contributed by atoms with van der Waals surface area (Å²) in [5, 5.41) is 3.25. The number of amides is 1. The molecule has 1 fully saturated rings. The van der Waals surface area contributed by atoms with Gasteiger partial charge < -0.3 is 10.2 Å². The van der Waals surface area contributed by atoms with Gasteiger partial charge in [-0.1, -0.05) is 24.3 Å². The second-order valence-electron chi connectivity index (χ2n) is 6.69. The fourth-order valence-corrected chi connectivity index (χ4v) is 3.89. The van der Waals surface area contributed by atoms with Crippen molar-refractivity contribution in [1.82, 2.24) is 10.3 Å². The maximum absolute atomic E-state index is 12.9. The van der Waals surface area contributed by atoms with Crippen molar-refractivity contribution in [2.45, 2.75) is 38.1 Å². The molecule has 1 amide bonds. The molecule has 4 nitrogen and oxygen atoms in total. The summed E-state index contributed by atoms with van der Waals surface area (Å²) in [6, 6.07) is 12.3. The van der Waals surface area contributed by atoms with Crippen molar-refractivity contribution >= 4 is 11.7 Å². The molecule has 1 aromatic heterocycles. The number of carbonyl (C=O) groups is 1. The minimum atomic E-state index is -0.00768. The van der Waals surface area contributed by atoms with E-state index in [9.17, 15) is 4.79 Å². The summed E-state index contributed by atoms with van der Waals surface area (Å²) >= 11 is 0. The molecule has 0 spiro atoms. The highest BCUT2D eigenvalue weighted by Crippen LogP contribution is 2.30. The smallest absolute Gasteiger partial charge is 0.255 e.